The third-order valence-electron chi connectivity index (χ3n) is 5.36. The first-order valence-electron chi connectivity index (χ1n) is 9.77. The largest absolute Gasteiger partial charge is 0.474 e. The van der Waals surface area contributed by atoms with E-state index in [4.69, 9.17) is 4.74 Å². The summed E-state index contributed by atoms with van der Waals surface area (Å²) >= 11 is 0. The lowest BCUT2D eigenvalue weighted by molar-refractivity contribution is 0.238. The lowest BCUT2D eigenvalue weighted by Crippen LogP contribution is -2.22. The van der Waals surface area contributed by atoms with Crippen molar-refractivity contribution in [2.75, 3.05) is 11.5 Å². The van der Waals surface area contributed by atoms with Gasteiger partial charge in [0, 0.05) is 0 Å². The number of benzene rings is 2. The standard InChI is InChI=1S/C25H27NO/c1-18-16-19(2)24(20(3)17-18)26-23-12-8-7-10-21(23)13-14-22-11-6-4-5-9-15-27-25(22)26/h4-10,12,16-17H,11,13-15H2,1-3H3/b6-4-,9-5-. The Balaban J connectivity index is 1.96. The molecule has 0 atom stereocenters. The van der Waals surface area contributed by atoms with Gasteiger partial charge in [-0.2, -0.15) is 0 Å². The first kappa shape index (κ1) is 17.7. The summed E-state index contributed by atoms with van der Waals surface area (Å²) in [5.74, 6) is 1.01. The second-order valence-corrected chi connectivity index (χ2v) is 7.49. The zero-order chi connectivity index (χ0) is 18.8. The Morgan fingerprint density at radius 1 is 0.889 bits per heavy atom. The highest BCUT2D eigenvalue weighted by Crippen LogP contribution is 2.42. The minimum atomic E-state index is 0.589. The van der Waals surface area contributed by atoms with E-state index in [2.05, 4.69) is 86.4 Å². The van der Waals surface area contributed by atoms with E-state index in [1.807, 2.05) is 0 Å². The molecule has 138 valence electrons. The maximum absolute atomic E-state index is 6.39. The highest BCUT2D eigenvalue weighted by molar-refractivity contribution is 5.76. The second-order valence-electron chi connectivity index (χ2n) is 7.49. The summed E-state index contributed by atoms with van der Waals surface area (Å²) in [6, 6.07) is 13.3. The van der Waals surface area contributed by atoms with Crippen LogP contribution in [0, 0.1) is 20.8 Å². The number of ether oxygens (including phenoxy) is 1. The Morgan fingerprint density at radius 3 is 2.44 bits per heavy atom. The number of allylic oxidation sites excluding steroid dienone is 4. The minimum Gasteiger partial charge on any atom is -0.474 e. The van der Waals surface area contributed by atoms with Gasteiger partial charge >= 0.3 is 0 Å². The zero-order valence-electron chi connectivity index (χ0n) is 16.5. The molecule has 0 radical (unpaired) electrons. The number of fused-ring (bicyclic) bond motifs is 1. The number of rotatable bonds is 1. The van der Waals surface area contributed by atoms with Gasteiger partial charge in [0.1, 0.15) is 6.61 Å². The molecule has 2 heterocycles. The van der Waals surface area contributed by atoms with Crippen molar-refractivity contribution in [3.8, 4) is 0 Å². The van der Waals surface area contributed by atoms with Crippen molar-refractivity contribution in [3.05, 3.63) is 94.4 Å². The molecule has 2 aliphatic rings. The Labute approximate surface area is 162 Å². The SMILES string of the molecule is Cc1cc(C)c(N2C3=C(C/C=C\C=C/CO3)CCc3ccccc32)c(C)c1. The Morgan fingerprint density at radius 2 is 1.63 bits per heavy atom. The van der Waals surface area contributed by atoms with Crippen LogP contribution in [0.25, 0.3) is 0 Å². The van der Waals surface area contributed by atoms with E-state index in [1.165, 1.54) is 39.2 Å². The van der Waals surface area contributed by atoms with Gasteiger partial charge in [-0.05, 0) is 74.4 Å². The maximum Gasteiger partial charge on any atom is 0.198 e. The molecule has 2 nitrogen and oxygen atoms in total. The number of aryl methyl sites for hydroxylation is 4. The first-order chi connectivity index (χ1) is 13.1. The van der Waals surface area contributed by atoms with Gasteiger partial charge in [-0.15, -0.1) is 0 Å². The zero-order valence-corrected chi connectivity index (χ0v) is 16.5. The fraction of sp³-hybridized carbons (Fsp3) is 0.280. The van der Waals surface area contributed by atoms with Crippen LogP contribution in [0.4, 0.5) is 11.4 Å². The summed E-state index contributed by atoms with van der Waals surface area (Å²) in [7, 11) is 0. The van der Waals surface area contributed by atoms with Crippen LogP contribution in [-0.4, -0.2) is 6.61 Å². The predicted octanol–water partition coefficient (Wildman–Crippen LogP) is 6.44. The lowest BCUT2D eigenvalue weighted by atomic mass is 10.0. The van der Waals surface area contributed by atoms with Crippen LogP contribution in [0.5, 0.6) is 0 Å². The van der Waals surface area contributed by atoms with Crippen LogP contribution >= 0.6 is 0 Å². The quantitative estimate of drug-likeness (QED) is 0.582. The summed E-state index contributed by atoms with van der Waals surface area (Å²) < 4.78 is 6.39. The highest BCUT2D eigenvalue weighted by atomic mass is 16.5. The topological polar surface area (TPSA) is 12.5 Å². The van der Waals surface area contributed by atoms with E-state index in [-0.39, 0.29) is 0 Å². The molecule has 2 heteroatoms. The molecule has 0 fully saturated rings. The molecule has 2 aromatic rings. The van der Waals surface area contributed by atoms with E-state index in [0.29, 0.717) is 6.61 Å². The fourth-order valence-electron chi connectivity index (χ4n) is 4.25. The molecule has 0 spiro atoms. The second kappa shape index (κ2) is 7.48. The van der Waals surface area contributed by atoms with Crippen molar-refractivity contribution < 1.29 is 4.74 Å². The van der Waals surface area contributed by atoms with Crippen LogP contribution in [0.3, 0.4) is 0 Å². The van der Waals surface area contributed by atoms with Crippen molar-refractivity contribution >= 4 is 11.4 Å². The molecule has 0 saturated heterocycles. The highest BCUT2D eigenvalue weighted by Gasteiger charge is 2.27. The Kier molecular flexibility index (Phi) is 4.89. The van der Waals surface area contributed by atoms with Crippen LogP contribution in [0.15, 0.2) is 72.2 Å². The van der Waals surface area contributed by atoms with Gasteiger partial charge in [0.25, 0.3) is 0 Å². The molecule has 27 heavy (non-hydrogen) atoms. The number of nitrogens with zero attached hydrogens (tertiary/aromatic N) is 1. The van der Waals surface area contributed by atoms with E-state index in [9.17, 15) is 0 Å². The summed E-state index contributed by atoms with van der Waals surface area (Å²) in [4.78, 5) is 2.37. The van der Waals surface area contributed by atoms with Crippen molar-refractivity contribution in [1.29, 1.82) is 0 Å². The normalized spacial score (nSPS) is 19.0. The van der Waals surface area contributed by atoms with Gasteiger partial charge < -0.3 is 4.74 Å². The molecule has 4 rings (SSSR count). The molecule has 2 aromatic carbocycles. The van der Waals surface area contributed by atoms with Crippen LogP contribution in [-0.2, 0) is 11.2 Å². The summed E-state index contributed by atoms with van der Waals surface area (Å²) in [5, 5.41) is 0. The van der Waals surface area contributed by atoms with E-state index >= 15 is 0 Å². The van der Waals surface area contributed by atoms with Gasteiger partial charge in [-0.1, -0.05) is 54.1 Å². The van der Waals surface area contributed by atoms with Gasteiger partial charge in [0.15, 0.2) is 5.88 Å². The molecule has 2 aliphatic heterocycles. The molecule has 0 bridgehead atoms. The van der Waals surface area contributed by atoms with Crippen molar-refractivity contribution in [1.82, 2.24) is 0 Å². The smallest absolute Gasteiger partial charge is 0.198 e. The monoisotopic (exact) mass is 357 g/mol. The third kappa shape index (κ3) is 3.44. The Bertz CT molecular complexity index is 926. The van der Waals surface area contributed by atoms with Gasteiger partial charge in [-0.3, -0.25) is 4.90 Å². The molecule has 0 aromatic heterocycles. The maximum atomic E-state index is 6.39. The fourth-order valence-corrected chi connectivity index (χ4v) is 4.25. The average molecular weight is 357 g/mol. The van der Waals surface area contributed by atoms with E-state index in [0.717, 1.165) is 25.1 Å². The lowest BCUT2D eigenvalue weighted by Gasteiger charge is -2.31. The average Bonchev–Trinajstić information content (AvgIpc) is 2.70. The summed E-state index contributed by atoms with van der Waals surface area (Å²) in [6.45, 7) is 7.17. The van der Waals surface area contributed by atoms with E-state index in [1.54, 1.807) is 0 Å². The third-order valence-corrected chi connectivity index (χ3v) is 5.36. The van der Waals surface area contributed by atoms with Crippen molar-refractivity contribution in [2.24, 2.45) is 0 Å². The molecule has 0 unspecified atom stereocenters. The minimum absolute atomic E-state index is 0.589. The summed E-state index contributed by atoms with van der Waals surface area (Å²) in [5.41, 5.74) is 9.10. The van der Waals surface area contributed by atoms with Crippen LogP contribution in [0.1, 0.15) is 35.1 Å². The first-order valence-corrected chi connectivity index (χ1v) is 9.77. The molecule has 0 saturated carbocycles. The van der Waals surface area contributed by atoms with Gasteiger partial charge in [0.05, 0.1) is 11.4 Å². The molecular weight excluding hydrogens is 330 g/mol. The molecule has 0 N–H and O–H groups in total. The molecular formula is C25H27NO. The van der Waals surface area contributed by atoms with Crippen LogP contribution < -0.4 is 4.90 Å². The van der Waals surface area contributed by atoms with Gasteiger partial charge in [0.2, 0.25) is 0 Å². The molecule has 0 amide bonds. The number of hydrogen-bond donors (Lipinski definition) is 0. The van der Waals surface area contributed by atoms with Crippen LogP contribution in [0.2, 0.25) is 0 Å². The predicted molar refractivity (Wildman–Crippen MR) is 113 cm³/mol. The van der Waals surface area contributed by atoms with Crippen molar-refractivity contribution in [3.63, 3.8) is 0 Å². The number of para-hydroxylation sites is 1. The Hall–Kier alpha value is -2.74. The molecule has 0 aliphatic carbocycles. The number of hydrogen-bond acceptors (Lipinski definition) is 2. The number of anilines is 2. The van der Waals surface area contributed by atoms with Gasteiger partial charge in [-0.25, -0.2) is 0 Å². The summed E-state index contributed by atoms with van der Waals surface area (Å²) in [6.07, 6.45) is 11.5. The van der Waals surface area contributed by atoms with E-state index < -0.39 is 0 Å². The van der Waals surface area contributed by atoms with Crippen molar-refractivity contribution in [2.45, 2.75) is 40.0 Å².